The Morgan fingerprint density at radius 1 is 0.880 bits per heavy atom. The van der Waals surface area contributed by atoms with Gasteiger partial charge < -0.3 is 4.42 Å². The van der Waals surface area contributed by atoms with E-state index in [1.807, 2.05) is 30.3 Å². The van der Waals surface area contributed by atoms with Crippen LogP contribution in [0.25, 0.3) is 11.0 Å². The highest BCUT2D eigenvalue weighted by atomic mass is 16.3. The van der Waals surface area contributed by atoms with Gasteiger partial charge in [0.15, 0.2) is 5.78 Å². The van der Waals surface area contributed by atoms with E-state index in [1.54, 1.807) is 6.26 Å². The van der Waals surface area contributed by atoms with E-state index in [9.17, 15) is 4.79 Å². The second-order valence-corrected chi connectivity index (χ2v) is 8.75. The molecular formula is C23H26O2. The third kappa shape index (κ3) is 3.26. The molecule has 0 fully saturated rings. The first-order chi connectivity index (χ1) is 11.6. The summed E-state index contributed by atoms with van der Waals surface area (Å²) >= 11 is 0. The Balaban J connectivity index is 2.28. The van der Waals surface area contributed by atoms with E-state index in [0.717, 1.165) is 16.5 Å². The minimum atomic E-state index is -0.0651. The number of rotatable bonds is 2. The van der Waals surface area contributed by atoms with Gasteiger partial charge >= 0.3 is 0 Å². The predicted molar refractivity (Wildman–Crippen MR) is 103 cm³/mol. The van der Waals surface area contributed by atoms with Gasteiger partial charge in [0.05, 0.1) is 5.56 Å². The van der Waals surface area contributed by atoms with E-state index in [0.29, 0.717) is 11.1 Å². The van der Waals surface area contributed by atoms with Crippen LogP contribution in [-0.2, 0) is 10.8 Å². The fourth-order valence-electron chi connectivity index (χ4n) is 3.05. The lowest BCUT2D eigenvalue weighted by molar-refractivity contribution is 0.103. The summed E-state index contributed by atoms with van der Waals surface area (Å²) in [7, 11) is 0. The lowest BCUT2D eigenvalue weighted by atomic mass is 9.79. The molecule has 0 spiro atoms. The molecule has 0 saturated carbocycles. The summed E-state index contributed by atoms with van der Waals surface area (Å²) in [6, 6.07) is 13.7. The van der Waals surface area contributed by atoms with Gasteiger partial charge in [-0.15, -0.1) is 0 Å². The van der Waals surface area contributed by atoms with E-state index < -0.39 is 0 Å². The van der Waals surface area contributed by atoms with E-state index in [-0.39, 0.29) is 16.6 Å². The number of carbonyl (C=O) groups excluding carboxylic acids is 1. The van der Waals surface area contributed by atoms with Gasteiger partial charge in [0, 0.05) is 16.5 Å². The first-order valence-corrected chi connectivity index (χ1v) is 8.75. The maximum absolute atomic E-state index is 13.0. The van der Waals surface area contributed by atoms with E-state index in [2.05, 4.69) is 53.7 Å². The summed E-state index contributed by atoms with van der Waals surface area (Å²) in [5.41, 5.74) is 4.43. The Labute approximate surface area is 149 Å². The maximum atomic E-state index is 13.0. The average Bonchev–Trinajstić information content (AvgIpc) is 2.96. The molecule has 0 unspecified atom stereocenters. The smallest absolute Gasteiger partial charge is 0.196 e. The third-order valence-electron chi connectivity index (χ3n) is 4.63. The minimum Gasteiger partial charge on any atom is -0.463 e. The number of hydrogen-bond donors (Lipinski definition) is 0. The monoisotopic (exact) mass is 334 g/mol. The van der Waals surface area contributed by atoms with Crippen LogP contribution in [0.15, 0.2) is 53.1 Å². The van der Waals surface area contributed by atoms with Crippen LogP contribution in [0.2, 0.25) is 0 Å². The molecule has 0 amide bonds. The molecule has 0 aliphatic carbocycles. The third-order valence-corrected chi connectivity index (χ3v) is 4.63. The molecule has 0 radical (unpaired) electrons. The zero-order chi connectivity index (χ0) is 18.4. The standard InChI is InChI=1S/C23H26O2/c1-22(2,3)16-12-17-18(20(24)15-10-8-7-9-11-15)14-25-21(17)19(13-16)23(4,5)6/h7-14H,1-6H3. The van der Waals surface area contributed by atoms with Crippen LogP contribution in [0.4, 0.5) is 0 Å². The number of carbonyl (C=O) groups is 1. The second-order valence-electron chi connectivity index (χ2n) is 8.75. The number of ketones is 1. The van der Waals surface area contributed by atoms with E-state index >= 15 is 0 Å². The molecule has 0 aliphatic heterocycles. The van der Waals surface area contributed by atoms with Crippen molar-refractivity contribution in [3.63, 3.8) is 0 Å². The van der Waals surface area contributed by atoms with Crippen LogP contribution in [-0.4, -0.2) is 5.78 Å². The highest BCUT2D eigenvalue weighted by Crippen LogP contribution is 2.37. The molecule has 0 bridgehead atoms. The van der Waals surface area contributed by atoms with Gasteiger partial charge in [-0.1, -0.05) is 77.9 Å². The lowest BCUT2D eigenvalue weighted by Crippen LogP contribution is -2.16. The number of furan rings is 1. The van der Waals surface area contributed by atoms with Crippen molar-refractivity contribution < 1.29 is 9.21 Å². The lowest BCUT2D eigenvalue weighted by Gasteiger charge is -2.25. The molecule has 0 aliphatic rings. The van der Waals surface area contributed by atoms with Gasteiger partial charge in [0.2, 0.25) is 0 Å². The van der Waals surface area contributed by atoms with Crippen LogP contribution in [0, 0.1) is 0 Å². The van der Waals surface area contributed by atoms with Crippen molar-refractivity contribution >= 4 is 16.8 Å². The molecule has 1 aromatic heterocycles. The molecule has 2 aromatic carbocycles. The molecule has 2 heteroatoms. The fraction of sp³-hybridized carbons (Fsp3) is 0.348. The van der Waals surface area contributed by atoms with Gasteiger partial charge in [0.25, 0.3) is 0 Å². The van der Waals surface area contributed by atoms with Crippen molar-refractivity contribution in [1.82, 2.24) is 0 Å². The quantitative estimate of drug-likeness (QED) is 0.518. The summed E-state index contributed by atoms with van der Waals surface area (Å²) in [5, 5.41) is 0.909. The van der Waals surface area contributed by atoms with E-state index in [4.69, 9.17) is 4.42 Å². The van der Waals surface area contributed by atoms with Gasteiger partial charge in [-0.3, -0.25) is 4.79 Å². The molecule has 2 nitrogen and oxygen atoms in total. The van der Waals surface area contributed by atoms with Gasteiger partial charge in [-0.2, -0.15) is 0 Å². The van der Waals surface area contributed by atoms with Crippen LogP contribution in [0.3, 0.4) is 0 Å². The fourth-order valence-corrected chi connectivity index (χ4v) is 3.05. The Morgan fingerprint density at radius 2 is 1.52 bits per heavy atom. The summed E-state index contributed by atoms with van der Waals surface area (Å²) in [4.78, 5) is 13.0. The van der Waals surface area contributed by atoms with Crippen molar-refractivity contribution in [3.05, 3.63) is 71.0 Å². The van der Waals surface area contributed by atoms with Gasteiger partial charge in [-0.25, -0.2) is 0 Å². The topological polar surface area (TPSA) is 30.2 Å². The Morgan fingerprint density at radius 3 is 2.08 bits per heavy atom. The van der Waals surface area contributed by atoms with Gasteiger partial charge in [-0.05, 0) is 22.5 Å². The summed E-state index contributed by atoms with van der Waals surface area (Å²) in [6.07, 6.45) is 1.61. The average molecular weight is 334 g/mol. The predicted octanol–water partition coefficient (Wildman–Crippen LogP) is 6.26. The van der Waals surface area contributed by atoms with E-state index in [1.165, 1.54) is 5.56 Å². The van der Waals surface area contributed by atoms with Crippen LogP contribution in [0.5, 0.6) is 0 Å². The second kappa shape index (κ2) is 5.87. The number of fused-ring (bicyclic) bond motifs is 1. The normalized spacial score (nSPS) is 12.6. The van der Waals surface area contributed by atoms with Crippen molar-refractivity contribution in [2.45, 2.75) is 52.4 Å². The van der Waals surface area contributed by atoms with Crippen molar-refractivity contribution in [1.29, 1.82) is 0 Å². The summed E-state index contributed by atoms with van der Waals surface area (Å²) in [5.74, 6) is 0.00488. The van der Waals surface area contributed by atoms with Gasteiger partial charge in [0.1, 0.15) is 11.8 Å². The van der Waals surface area contributed by atoms with Crippen molar-refractivity contribution in [2.75, 3.05) is 0 Å². The van der Waals surface area contributed by atoms with Crippen molar-refractivity contribution in [3.8, 4) is 0 Å². The zero-order valence-electron chi connectivity index (χ0n) is 15.9. The Kier molecular flexibility index (Phi) is 4.10. The molecule has 0 saturated heterocycles. The molecule has 0 atom stereocenters. The van der Waals surface area contributed by atoms with Crippen molar-refractivity contribution in [2.24, 2.45) is 0 Å². The van der Waals surface area contributed by atoms with Crippen LogP contribution >= 0.6 is 0 Å². The molecule has 0 N–H and O–H groups in total. The Bertz CT molecular complexity index is 916. The maximum Gasteiger partial charge on any atom is 0.196 e. The molecule has 130 valence electrons. The summed E-state index contributed by atoms with van der Waals surface area (Å²) in [6.45, 7) is 13.1. The van der Waals surface area contributed by atoms with Crippen LogP contribution < -0.4 is 0 Å². The van der Waals surface area contributed by atoms with Crippen LogP contribution in [0.1, 0.15) is 68.6 Å². The first kappa shape index (κ1) is 17.5. The molecule has 3 rings (SSSR count). The minimum absolute atomic E-state index is 0.00146. The highest BCUT2D eigenvalue weighted by Gasteiger charge is 2.26. The molecule has 1 heterocycles. The Hall–Kier alpha value is -2.35. The molecule has 3 aromatic rings. The highest BCUT2D eigenvalue weighted by molar-refractivity contribution is 6.16. The largest absolute Gasteiger partial charge is 0.463 e. The molecule has 25 heavy (non-hydrogen) atoms. The summed E-state index contributed by atoms with van der Waals surface area (Å²) < 4.78 is 5.90. The zero-order valence-corrected chi connectivity index (χ0v) is 15.9. The molecular weight excluding hydrogens is 308 g/mol. The SMILES string of the molecule is CC(C)(C)c1cc(C(C)(C)C)c2occ(C(=O)c3ccccc3)c2c1. The number of benzene rings is 2. The first-order valence-electron chi connectivity index (χ1n) is 8.75. The number of hydrogen-bond acceptors (Lipinski definition) is 2.